The number of rotatable bonds is 2. The van der Waals surface area contributed by atoms with Gasteiger partial charge in [-0.1, -0.05) is 17.7 Å². The number of alkyl halides is 1. The van der Waals surface area contributed by atoms with Crippen molar-refractivity contribution in [1.82, 2.24) is 0 Å². The molecule has 74 valence electrons. The minimum Gasteiger partial charge on any atom is -0.392 e. The van der Waals surface area contributed by atoms with E-state index in [1.165, 1.54) is 11.3 Å². The molecule has 1 nitrogen and oxygen atoms in total. The lowest BCUT2D eigenvalue weighted by Crippen LogP contribution is -1.90. The lowest BCUT2D eigenvalue weighted by molar-refractivity contribution is 0.281. The van der Waals surface area contributed by atoms with Gasteiger partial charge in [0.15, 0.2) is 0 Å². The molecule has 0 radical (unpaired) electrons. The van der Waals surface area contributed by atoms with E-state index in [4.69, 9.17) is 28.3 Å². The molecule has 1 heterocycles. The highest BCUT2D eigenvalue weighted by molar-refractivity contribution is 7.22. The zero-order valence-corrected chi connectivity index (χ0v) is 9.59. The number of aliphatic hydroxyl groups excluding tert-OH is 1. The molecule has 2 rings (SSSR count). The predicted molar refractivity (Wildman–Crippen MR) is 62.3 cm³/mol. The minimum atomic E-state index is 0.0193. The van der Waals surface area contributed by atoms with Crippen LogP contribution < -0.4 is 0 Å². The molecule has 14 heavy (non-hydrogen) atoms. The maximum atomic E-state index is 9.13. The van der Waals surface area contributed by atoms with E-state index in [0.29, 0.717) is 5.88 Å². The second kappa shape index (κ2) is 4.07. The molecule has 0 spiro atoms. The van der Waals surface area contributed by atoms with Gasteiger partial charge in [0, 0.05) is 10.6 Å². The number of hydrogen-bond acceptors (Lipinski definition) is 2. The summed E-state index contributed by atoms with van der Waals surface area (Å²) in [5, 5.41) is 10.2. The number of halogens is 2. The third-order valence-corrected chi connectivity index (χ3v) is 3.68. The Morgan fingerprint density at radius 2 is 2.14 bits per heavy atom. The van der Waals surface area contributed by atoms with Crippen molar-refractivity contribution in [2.45, 2.75) is 12.5 Å². The van der Waals surface area contributed by atoms with Gasteiger partial charge >= 0.3 is 0 Å². The first-order chi connectivity index (χ1) is 6.76. The van der Waals surface area contributed by atoms with E-state index < -0.39 is 0 Å². The minimum absolute atomic E-state index is 0.0193. The number of benzene rings is 1. The molecule has 0 saturated carbocycles. The summed E-state index contributed by atoms with van der Waals surface area (Å²) in [5.74, 6) is 0.403. The van der Waals surface area contributed by atoms with Crippen molar-refractivity contribution >= 4 is 44.6 Å². The third-order valence-electron chi connectivity index (χ3n) is 2.18. The monoisotopic (exact) mass is 246 g/mol. The second-order valence-corrected chi connectivity index (χ2v) is 4.94. The molecule has 0 fully saturated rings. The second-order valence-electron chi connectivity index (χ2n) is 2.96. The molecule has 0 atom stereocenters. The Kier molecular flexibility index (Phi) is 2.98. The first-order valence-corrected chi connectivity index (χ1v) is 5.85. The van der Waals surface area contributed by atoms with Crippen LogP contribution in [-0.4, -0.2) is 5.11 Å². The fourth-order valence-corrected chi connectivity index (χ4v) is 2.98. The van der Waals surface area contributed by atoms with Gasteiger partial charge in [0.2, 0.25) is 0 Å². The van der Waals surface area contributed by atoms with Crippen LogP contribution in [0.5, 0.6) is 0 Å². The third kappa shape index (κ3) is 1.63. The van der Waals surface area contributed by atoms with Crippen molar-refractivity contribution in [1.29, 1.82) is 0 Å². The van der Waals surface area contributed by atoms with E-state index in [1.54, 1.807) is 0 Å². The summed E-state index contributed by atoms with van der Waals surface area (Å²) in [6.07, 6.45) is 0. The maximum Gasteiger partial charge on any atom is 0.0940 e. The van der Waals surface area contributed by atoms with E-state index in [9.17, 15) is 0 Å². The zero-order valence-electron chi connectivity index (χ0n) is 7.26. The van der Waals surface area contributed by atoms with Crippen molar-refractivity contribution in [3.8, 4) is 0 Å². The predicted octanol–water partition coefficient (Wildman–Crippen LogP) is 3.79. The molecule has 0 aliphatic heterocycles. The van der Waals surface area contributed by atoms with E-state index in [0.717, 1.165) is 25.5 Å². The van der Waals surface area contributed by atoms with E-state index >= 15 is 0 Å². The van der Waals surface area contributed by atoms with E-state index in [1.807, 2.05) is 18.2 Å². The van der Waals surface area contributed by atoms with Gasteiger partial charge in [0.25, 0.3) is 0 Å². The molecule has 1 aromatic carbocycles. The summed E-state index contributed by atoms with van der Waals surface area (Å²) in [5.41, 5.74) is 1.86. The highest BCUT2D eigenvalue weighted by atomic mass is 35.5. The van der Waals surface area contributed by atoms with Crippen LogP contribution in [0.25, 0.3) is 10.1 Å². The van der Waals surface area contributed by atoms with E-state index in [2.05, 4.69) is 0 Å². The molecule has 0 aliphatic carbocycles. The van der Waals surface area contributed by atoms with Gasteiger partial charge < -0.3 is 5.11 Å². The van der Waals surface area contributed by atoms with Gasteiger partial charge in [-0.2, -0.15) is 0 Å². The summed E-state index contributed by atoms with van der Waals surface area (Å²) < 4.78 is 1.87. The topological polar surface area (TPSA) is 20.2 Å². The molecular weight excluding hydrogens is 239 g/mol. The van der Waals surface area contributed by atoms with Crippen molar-refractivity contribution in [2.24, 2.45) is 0 Å². The van der Waals surface area contributed by atoms with Crippen LogP contribution >= 0.6 is 34.5 Å². The Hall–Kier alpha value is -0.280. The van der Waals surface area contributed by atoms with Crippen LogP contribution in [0, 0.1) is 0 Å². The SMILES string of the molecule is OCc1ccc2sc(Cl)cc2c1CCl. The first-order valence-electron chi connectivity index (χ1n) is 4.13. The van der Waals surface area contributed by atoms with Crippen LogP contribution in [0.4, 0.5) is 0 Å². The van der Waals surface area contributed by atoms with Gasteiger partial charge in [-0.15, -0.1) is 22.9 Å². The fourth-order valence-electron chi connectivity index (χ4n) is 1.49. The fraction of sp³-hybridized carbons (Fsp3) is 0.200. The van der Waals surface area contributed by atoms with Crippen LogP contribution in [0.2, 0.25) is 4.34 Å². The molecule has 0 aliphatic rings. The first kappa shape index (κ1) is 10.2. The van der Waals surface area contributed by atoms with Crippen LogP contribution in [0.3, 0.4) is 0 Å². The molecule has 4 heteroatoms. The Labute approximate surface area is 95.9 Å². The average Bonchev–Trinajstić information content (AvgIpc) is 2.56. The molecule has 0 amide bonds. The molecule has 1 N–H and O–H groups in total. The van der Waals surface area contributed by atoms with Crippen molar-refractivity contribution in [3.63, 3.8) is 0 Å². The maximum absolute atomic E-state index is 9.13. The van der Waals surface area contributed by atoms with Gasteiger partial charge in [0.05, 0.1) is 10.9 Å². The highest BCUT2D eigenvalue weighted by Gasteiger charge is 2.08. The Bertz CT molecular complexity index is 464. The Morgan fingerprint density at radius 3 is 2.79 bits per heavy atom. The lowest BCUT2D eigenvalue weighted by Gasteiger charge is -2.04. The van der Waals surface area contributed by atoms with Gasteiger partial charge in [-0.05, 0) is 28.6 Å². The summed E-state index contributed by atoms with van der Waals surface area (Å²) in [4.78, 5) is 0. The molecular formula is C10H8Cl2OS. The quantitative estimate of drug-likeness (QED) is 0.800. The van der Waals surface area contributed by atoms with E-state index in [-0.39, 0.29) is 6.61 Å². The number of thiophene rings is 1. The van der Waals surface area contributed by atoms with Crippen molar-refractivity contribution in [3.05, 3.63) is 33.7 Å². The number of fused-ring (bicyclic) bond motifs is 1. The van der Waals surface area contributed by atoms with Gasteiger partial charge in [-0.25, -0.2) is 0 Å². The summed E-state index contributed by atoms with van der Waals surface area (Å²) in [6.45, 7) is 0.0193. The van der Waals surface area contributed by atoms with Gasteiger partial charge in [-0.3, -0.25) is 0 Å². The Morgan fingerprint density at radius 1 is 1.36 bits per heavy atom. The molecule has 0 unspecified atom stereocenters. The summed E-state index contributed by atoms with van der Waals surface area (Å²) >= 11 is 13.3. The van der Waals surface area contributed by atoms with Crippen LogP contribution in [0.1, 0.15) is 11.1 Å². The molecule has 2 aromatic rings. The summed E-state index contributed by atoms with van der Waals surface area (Å²) in [7, 11) is 0. The van der Waals surface area contributed by atoms with Crippen LogP contribution in [-0.2, 0) is 12.5 Å². The largest absolute Gasteiger partial charge is 0.392 e. The lowest BCUT2D eigenvalue weighted by atomic mass is 10.1. The average molecular weight is 247 g/mol. The van der Waals surface area contributed by atoms with Crippen molar-refractivity contribution in [2.75, 3.05) is 0 Å². The zero-order chi connectivity index (χ0) is 10.1. The molecule has 0 bridgehead atoms. The smallest absolute Gasteiger partial charge is 0.0940 e. The summed E-state index contributed by atoms with van der Waals surface area (Å²) in [6, 6.07) is 5.76. The molecule has 0 saturated heterocycles. The standard InChI is InChI=1S/C10H8Cl2OS/c11-4-8-6(5-13)1-2-9-7(8)3-10(12)14-9/h1-3,13H,4-5H2. The number of hydrogen-bond donors (Lipinski definition) is 1. The highest BCUT2D eigenvalue weighted by Crippen LogP contribution is 2.33. The van der Waals surface area contributed by atoms with Crippen LogP contribution in [0.15, 0.2) is 18.2 Å². The van der Waals surface area contributed by atoms with Gasteiger partial charge in [0.1, 0.15) is 0 Å². The normalized spacial score (nSPS) is 11.1. The van der Waals surface area contributed by atoms with Crippen molar-refractivity contribution < 1.29 is 5.11 Å². The number of aliphatic hydroxyl groups is 1. The molecule has 1 aromatic heterocycles. The Balaban J connectivity index is 2.75.